The molecule has 0 aromatic carbocycles. The van der Waals surface area contributed by atoms with E-state index in [0.717, 1.165) is 6.42 Å². The SMILES string of the molecule is C=C(C)C(=O)O.OCC[CH2][Na]. The molecule has 0 aliphatic heterocycles. The summed E-state index contributed by atoms with van der Waals surface area (Å²) in [5.41, 5.74) is 0.176. The standard InChI is InChI=1S/C4H6O2.C3H7O.Na/c1-3(2)4(5)6;1-2-3-4;/h1H2,2H3,(H,5,6);4H,1-3H2;. The molecule has 0 heterocycles. The zero-order valence-electron chi connectivity index (χ0n) is 7.13. The van der Waals surface area contributed by atoms with Crippen molar-refractivity contribution in [2.75, 3.05) is 6.61 Å². The molecule has 2 N–H and O–H groups in total. The van der Waals surface area contributed by atoms with E-state index in [1.54, 1.807) is 0 Å². The topological polar surface area (TPSA) is 57.5 Å². The van der Waals surface area contributed by atoms with Crippen LogP contribution in [0.5, 0.6) is 0 Å². The van der Waals surface area contributed by atoms with Crippen LogP contribution in [0.2, 0.25) is 3.67 Å². The van der Waals surface area contributed by atoms with Crippen LogP contribution in [-0.2, 0) is 4.79 Å². The molecule has 0 saturated carbocycles. The summed E-state index contributed by atoms with van der Waals surface area (Å²) >= 11 is 1.24. The predicted molar refractivity (Wildman–Crippen MR) is 44.7 cm³/mol. The molecule has 4 heteroatoms. The van der Waals surface area contributed by atoms with Crippen LogP contribution >= 0.6 is 0 Å². The number of carbonyl (C=O) groups is 1. The number of carboxylic acid groups (broad SMARTS) is 1. The van der Waals surface area contributed by atoms with E-state index in [4.69, 9.17) is 10.2 Å². The van der Waals surface area contributed by atoms with Crippen LogP contribution in [0.1, 0.15) is 13.3 Å². The molecular weight excluding hydrogens is 155 g/mol. The molecule has 0 bridgehead atoms. The van der Waals surface area contributed by atoms with Crippen LogP contribution in [0, 0.1) is 0 Å². The molecule has 0 aliphatic rings. The van der Waals surface area contributed by atoms with E-state index in [1.807, 2.05) is 0 Å². The van der Waals surface area contributed by atoms with Crippen molar-refractivity contribution in [3.05, 3.63) is 12.2 Å². The Morgan fingerprint density at radius 2 is 2.00 bits per heavy atom. The van der Waals surface area contributed by atoms with Gasteiger partial charge in [0.2, 0.25) is 0 Å². The molecule has 0 rings (SSSR count). The van der Waals surface area contributed by atoms with E-state index in [0.29, 0.717) is 6.61 Å². The molecule has 3 nitrogen and oxygen atoms in total. The fourth-order valence-electron chi connectivity index (χ4n) is 0.158. The van der Waals surface area contributed by atoms with E-state index >= 15 is 0 Å². The van der Waals surface area contributed by atoms with Gasteiger partial charge < -0.3 is 5.11 Å². The summed E-state index contributed by atoms with van der Waals surface area (Å²) in [6, 6.07) is 0. The molecule has 0 radical (unpaired) electrons. The van der Waals surface area contributed by atoms with Gasteiger partial charge in [-0.25, -0.2) is 4.79 Å². The third kappa shape index (κ3) is 17.8. The number of aliphatic carboxylic acids is 1. The molecule has 0 atom stereocenters. The monoisotopic (exact) mass is 168 g/mol. The van der Waals surface area contributed by atoms with Gasteiger partial charge in [0.15, 0.2) is 0 Å². The minimum atomic E-state index is -0.935. The van der Waals surface area contributed by atoms with Crippen molar-refractivity contribution in [1.29, 1.82) is 0 Å². The van der Waals surface area contributed by atoms with Crippen molar-refractivity contribution in [3.8, 4) is 0 Å². The van der Waals surface area contributed by atoms with Crippen LogP contribution in [0.15, 0.2) is 12.2 Å². The van der Waals surface area contributed by atoms with Gasteiger partial charge in [-0.05, 0) is 6.92 Å². The summed E-state index contributed by atoms with van der Waals surface area (Å²) in [4.78, 5) is 9.60. The number of rotatable bonds is 3. The second kappa shape index (κ2) is 10.2. The molecule has 60 valence electrons. The average molecular weight is 168 g/mol. The summed E-state index contributed by atoms with van der Waals surface area (Å²) in [7, 11) is 0. The first kappa shape index (κ1) is 13.7. The van der Waals surface area contributed by atoms with E-state index in [9.17, 15) is 4.79 Å². The fourth-order valence-corrected chi connectivity index (χ4v) is 0.474. The van der Waals surface area contributed by atoms with Crippen LogP contribution in [0.25, 0.3) is 0 Å². The fraction of sp³-hybridized carbons (Fsp3) is 0.571. The first-order valence-corrected chi connectivity index (χ1v) is 4.97. The van der Waals surface area contributed by atoms with Gasteiger partial charge in [0.05, 0.1) is 0 Å². The Hall–Kier alpha value is 0.170. The van der Waals surface area contributed by atoms with Crippen LogP contribution in [-0.4, -0.2) is 50.7 Å². The molecule has 0 amide bonds. The molecule has 0 fully saturated rings. The average Bonchev–Trinajstić information content (AvgIpc) is 1.90. The summed E-state index contributed by atoms with van der Waals surface area (Å²) in [5, 5.41) is 16.0. The zero-order valence-corrected chi connectivity index (χ0v) is 9.13. The molecule has 0 spiro atoms. The Morgan fingerprint density at radius 1 is 1.64 bits per heavy atom. The van der Waals surface area contributed by atoms with E-state index in [2.05, 4.69) is 6.58 Å². The second-order valence-corrected chi connectivity index (χ2v) is 3.16. The first-order valence-electron chi connectivity index (χ1n) is 3.55. The quantitative estimate of drug-likeness (QED) is 0.479. The van der Waals surface area contributed by atoms with Gasteiger partial charge >= 0.3 is 55.7 Å². The molecular formula is C7H13NaO3. The predicted octanol–water partition coefficient (Wildman–Crippen LogP) is 0.603. The van der Waals surface area contributed by atoms with Crippen molar-refractivity contribution in [2.24, 2.45) is 0 Å². The normalized spacial score (nSPS) is 8.00. The maximum atomic E-state index is 9.60. The van der Waals surface area contributed by atoms with Gasteiger partial charge in [0, 0.05) is 5.57 Å². The van der Waals surface area contributed by atoms with E-state index < -0.39 is 5.97 Å². The van der Waals surface area contributed by atoms with Gasteiger partial charge in [-0.1, -0.05) is 6.58 Å². The van der Waals surface area contributed by atoms with Gasteiger partial charge in [-0.2, -0.15) is 0 Å². The maximum absolute atomic E-state index is 9.60. The van der Waals surface area contributed by atoms with Crippen molar-refractivity contribution in [1.82, 2.24) is 0 Å². The Kier molecular flexibility index (Phi) is 12.7. The third-order valence-electron chi connectivity index (χ3n) is 0.877. The molecule has 11 heavy (non-hydrogen) atoms. The number of aliphatic hydroxyl groups is 1. The number of aliphatic hydroxyl groups excluding tert-OH is 1. The number of hydrogen-bond donors (Lipinski definition) is 2. The summed E-state index contributed by atoms with van der Waals surface area (Å²) in [6.07, 6.45) is 1.01. The Bertz CT molecular complexity index is 109. The van der Waals surface area contributed by atoms with Crippen molar-refractivity contribution >= 4 is 33.9 Å². The third-order valence-corrected chi connectivity index (χ3v) is 1.58. The summed E-state index contributed by atoms with van der Waals surface area (Å²) in [6.45, 7) is 4.98. The number of hydrogen-bond acceptors (Lipinski definition) is 2. The van der Waals surface area contributed by atoms with Crippen LogP contribution in [0.3, 0.4) is 0 Å². The van der Waals surface area contributed by atoms with E-state index in [-0.39, 0.29) is 5.57 Å². The molecule has 0 aromatic rings. The minimum absolute atomic E-state index is 0.176. The van der Waals surface area contributed by atoms with Gasteiger partial charge in [0.25, 0.3) is 0 Å². The van der Waals surface area contributed by atoms with Crippen molar-refractivity contribution in [3.63, 3.8) is 0 Å². The Labute approximate surface area is 84.5 Å². The summed E-state index contributed by atoms with van der Waals surface area (Å²) in [5.74, 6) is -0.935. The van der Waals surface area contributed by atoms with Gasteiger partial charge in [-0.3, -0.25) is 0 Å². The first-order chi connectivity index (χ1) is 5.06. The number of carboxylic acids is 1. The molecule has 0 aliphatic carbocycles. The van der Waals surface area contributed by atoms with Gasteiger partial charge in [0.1, 0.15) is 0 Å². The van der Waals surface area contributed by atoms with Crippen molar-refractivity contribution < 1.29 is 15.0 Å². The molecule has 0 unspecified atom stereocenters. The molecule has 0 saturated heterocycles. The Balaban J connectivity index is 0. The van der Waals surface area contributed by atoms with E-state index in [1.165, 1.54) is 38.5 Å². The Morgan fingerprint density at radius 3 is 2.00 bits per heavy atom. The van der Waals surface area contributed by atoms with Crippen LogP contribution in [0.4, 0.5) is 0 Å². The summed E-state index contributed by atoms with van der Waals surface area (Å²) < 4.78 is 1.23. The van der Waals surface area contributed by atoms with Crippen molar-refractivity contribution in [2.45, 2.75) is 17.0 Å². The zero-order chi connectivity index (χ0) is 9.28. The van der Waals surface area contributed by atoms with Crippen LogP contribution < -0.4 is 0 Å². The van der Waals surface area contributed by atoms with Gasteiger partial charge in [-0.15, -0.1) is 0 Å². The second-order valence-electron chi connectivity index (χ2n) is 2.16. The molecule has 0 aromatic heterocycles.